The van der Waals surface area contributed by atoms with E-state index < -0.39 is 0 Å². The van der Waals surface area contributed by atoms with Gasteiger partial charge in [-0.1, -0.05) is 44.6 Å². The van der Waals surface area contributed by atoms with Crippen LogP contribution in [0.2, 0.25) is 0 Å². The molecule has 0 unspecified atom stereocenters. The van der Waals surface area contributed by atoms with Gasteiger partial charge in [0.15, 0.2) is 5.82 Å². The number of carbonyl (C=O) groups excluding carboxylic acids is 1. The van der Waals surface area contributed by atoms with Crippen LogP contribution in [0.5, 0.6) is 0 Å². The van der Waals surface area contributed by atoms with Crippen molar-refractivity contribution < 1.29 is 4.79 Å². The predicted molar refractivity (Wildman–Crippen MR) is 146 cm³/mol. The summed E-state index contributed by atoms with van der Waals surface area (Å²) in [4.78, 5) is 24.6. The van der Waals surface area contributed by atoms with E-state index in [0.29, 0.717) is 11.7 Å². The van der Waals surface area contributed by atoms with Crippen molar-refractivity contribution in [2.24, 2.45) is 5.92 Å². The van der Waals surface area contributed by atoms with Gasteiger partial charge >= 0.3 is 0 Å². The van der Waals surface area contributed by atoms with Crippen molar-refractivity contribution in [1.82, 2.24) is 25.5 Å². The predicted octanol–water partition coefficient (Wildman–Crippen LogP) is 4.72. The van der Waals surface area contributed by atoms with Gasteiger partial charge in [-0.25, -0.2) is 9.97 Å². The molecule has 1 aliphatic carbocycles. The van der Waals surface area contributed by atoms with Crippen LogP contribution in [0, 0.1) is 5.92 Å². The summed E-state index contributed by atoms with van der Waals surface area (Å²) in [6.07, 6.45) is 11.3. The highest BCUT2D eigenvalue weighted by atomic mass is 16.2. The summed E-state index contributed by atoms with van der Waals surface area (Å²) >= 11 is 0. The van der Waals surface area contributed by atoms with Gasteiger partial charge in [0, 0.05) is 41.9 Å². The molecule has 3 N–H and O–H groups in total. The quantitative estimate of drug-likeness (QED) is 0.449. The Morgan fingerprint density at radius 2 is 1.75 bits per heavy atom. The average molecular weight is 489 g/mol. The lowest BCUT2D eigenvalue weighted by Gasteiger charge is -2.39. The molecule has 0 radical (unpaired) electrons. The van der Waals surface area contributed by atoms with Crippen molar-refractivity contribution in [3.63, 3.8) is 0 Å². The fourth-order valence-corrected chi connectivity index (χ4v) is 5.44. The maximum atomic E-state index is 13.6. The number of benzene rings is 1. The molecule has 7 nitrogen and oxygen atoms in total. The van der Waals surface area contributed by atoms with E-state index in [9.17, 15) is 4.79 Å². The van der Waals surface area contributed by atoms with Gasteiger partial charge in [0.1, 0.15) is 6.04 Å². The molecule has 0 bridgehead atoms. The van der Waals surface area contributed by atoms with E-state index in [1.807, 2.05) is 31.3 Å². The van der Waals surface area contributed by atoms with Gasteiger partial charge in [-0.2, -0.15) is 0 Å². The largest absolute Gasteiger partial charge is 0.379 e. The van der Waals surface area contributed by atoms with Crippen LogP contribution >= 0.6 is 0 Å². The number of hydrogen-bond acceptors (Lipinski definition) is 6. The van der Waals surface area contributed by atoms with Crippen LogP contribution < -0.4 is 16.0 Å². The van der Waals surface area contributed by atoms with Crippen molar-refractivity contribution >= 4 is 11.6 Å². The van der Waals surface area contributed by atoms with Gasteiger partial charge < -0.3 is 20.9 Å². The molecule has 1 aromatic heterocycles. The first-order chi connectivity index (χ1) is 17.5. The molecule has 0 spiro atoms. The minimum Gasteiger partial charge on any atom is -0.379 e. The van der Waals surface area contributed by atoms with E-state index in [1.54, 1.807) is 18.5 Å². The second kappa shape index (κ2) is 12.2. The van der Waals surface area contributed by atoms with E-state index in [1.165, 1.54) is 32.1 Å². The standard InChI is InChI=1S/C29H40N6O/c1-20(30-4)21(2)33-27(23-12-6-5-7-13-23)22(3)35-19-10-16-26(35)29(36)34-25-15-9-8-14-24(25)28-31-17-11-18-32-28/h8-9,11,14-15,17-18,20,23,26-27,30,33H,2-3,5-7,10,12-13,16,19H2,1,4H3,(H,34,36)/t20-,26-,27+/m0/s1. The highest BCUT2D eigenvalue weighted by molar-refractivity contribution is 5.98. The number of para-hydroxylation sites is 1. The maximum Gasteiger partial charge on any atom is 0.247 e. The molecule has 36 heavy (non-hydrogen) atoms. The lowest BCUT2D eigenvalue weighted by Crippen LogP contribution is -2.49. The van der Waals surface area contributed by atoms with E-state index in [0.717, 1.165) is 42.0 Å². The molecule has 2 aliphatic rings. The summed E-state index contributed by atoms with van der Waals surface area (Å²) in [7, 11) is 1.95. The fraction of sp³-hybridized carbons (Fsp3) is 0.483. The second-order valence-corrected chi connectivity index (χ2v) is 10.0. The third-order valence-corrected chi connectivity index (χ3v) is 7.69. The first kappa shape index (κ1) is 25.9. The molecule has 1 amide bonds. The molecule has 2 heterocycles. The Labute approximate surface area is 215 Å². The number of nitrogens with one attached hydrogen (secondary N) is 3. The van der Waals surface area contributed by atoms with E-state index in [-0.39, 0.29) is 24.0 Å². The van der Waals surface area contributed by atoms with Gasteiger partial charge in [-0.3, -0.25) is 4.79 Å². The van der Waals surface area contributed by atoms with Crippen molar-refractivity contribution in [2.45, 2.75) is 70.0 Å². The Morgan fingerprint density at radius 1 is 1.03 bits per heavy atom. The van der Waals surface area contributed by atoms with Gasteiger partial charge in [0.2, 0.25) is 5.91 Å². The van der Waals surface area contributed by atoms with Crippen molar-refractivity contribution in [1.29, 1.82) is 0 Å². The fourth-order valence-electron chi connectivity index (χ4n) is 5.44. The van der Waals surface area contributed by atoms with Crippen molar-refractivity contribution in [3.8, 4) is 11.4 Å². The third-order valence-electron chi connectivity index (χ3n) is 7.69. The molecule has 1 saturated heterocycles. The minimum atomic E-state index is -0.259. The molecule has 7 heteroatoms. The number of carbonyl (C=O) groups is 1. The Kier molecular flexibility index (Phi) is 8.75. The summed E-state index contributed by atoms with van der Waals surface area (Å²) in [5.41, 5.74) is 3.51. The van der Waals surface area contributed by atoms with Gasteiger partial charge in [-0.15, -0.1) is 0 Å². The molecular weight excluding hydrogens is 448 g/mol. The van der Waals surface area contributed by atoms with Crippen molar-refractivity contribution in [3.05, 3.63) is 67.3 Å². The molecular formula is C29H40N6O. The minimum absolute atomic E-state index is 0.0122. The maximum absolute atomic E-state index is 13.6. The topological polar surface area (TPSA) is 82.2 Å². The van der Waals surface area contributed by atoms with Crippen LogP contribution in [0.15, 0.2) is 67.3 Å². The molecule has 3 atom stereocenters. The van der Waals surface area contributed by atoms with Crippen LogP contribution in [0.3, 0.4) is 0 Å². The van der Waals surface area contributed by atoms with E-state index in [2.05, 4.69) is 50.9 Å². The monoisotopic (exact) mass is 488 g/mol. The summed E-state index contributed by atoms with van der Waals surface area (Å²) in [6, 6.07) is 9.46. The highest BCUT2D eigenvalue weighted by Crippen LogP contribution is 2.34. The Hall–Kier alpha value is -3.19. The second-order valence-electron chi connectivity index (χ2n) is 10.0. The molecule has 2 fully saturated rings. The van der Waals surface area contributed by atoms with Crippen LogP contribution in [0.25, 0.3) is 11.4 Å². The molecule has 1 saturated carbocycles. The number of amides is 1. The SMILES string of the molecule is C=C(N[C@H](C(=C)N1CCC[C@H]1C(=O)Nc1ccccc1-c1ncccn1)C1CCCCC1)[C@H](C)NC. The molecule has 1 aliphatic heterocycles. The first-order valence-electron chi connectivity index (χ1n) is 13.2. The van der Waals surface area contributed by atoms with Gasteiger partial charge in [0.05, 0.1) is 11.7 Å². The molecule has 4 rings (SSSR count). The number of rotatable bonds is 10. The van der Waals surface area contributed by atoms with Crippen LogP contribution in [-0.4, -0.2) is 52.5 Å². The Bertz CT molecular complexity index is 1050. The van der Waals surface area contributed by atoms with Crippen LogP contribution in [0.1, 0.15) is 51.9 Å². The lowest BCUT2D eigenvalue weighted by molar-refractivity contribution is -0.119. The summed E-state index contributed by atoms with van der Waals surface area (Å²) in [6.45, 7) is 11.8. The first-order valence-corrected chi connectivity index (χ1v) is 13.2. The smallest absolute Gasteiger partial charge is 0.247 e. The summed E-state index contributed by atoms with van der Waals surface area (Å²) in [5, 5.41) is 10.2. The lowest BCUT2D eigenvalue weighted by atomic mass is 9.82. The van der Waals surface area contributed by atoms with Crippen LogP contribution in [0.4, 0.5) is 5.69 Å². The molecule has 2 aromatic rings. The number of hydrogen-bond donors (Lipinski definition) is 3. The average Bonchev–Trinajstić information content (AvgIpc) is 3.42. The molecule has 1 aromatic carbocycles. The Balaban J connectivity index is 1.52. The molecule has 192 valence electrons. The summed E-state index contributed by atoms with van der Waals surface area (Å²) in [5.74, 6) is 1.08. The Morgan fingerprint density at radius 3 is 2.47 bits per heavy atom. The number of aromatic nitrogens is 2. The highest BCUT2D eigenvalue weighted by Gasteiger charge is 2.37. The third kappa shape index (κ3) is 5.95. The number of nitrogens with zero attached hydrogens (tertiary/aromatic N) is 3. The number of likely N-dealkylation sites (tertiary alicyclic amines) is 1. The van der Waals surface area contributed by atoms with Gasteiger partial charge in [-0.05, 0) is 63.8 Å². The number of anilines is 1. The normalized spacial score (nSPS) is 19.9. The zero-order valence-electron chi connectivity index (χ0n) is 21.7. The van der Waals surface area contributed by atoms with Crippen molar-refractivity contribution in [2.75, 3.05) is 18.9 Å². The van der Waals surface area contributed by atoms with E-state index >= 15 is 0 Å². The van der Waals surface area contributed by atoms with E-state index in [4.69, 9.17) is 0 Å². The summed E-state index contributed by atoms with van der Waals surface area (Å²) < 4.78 is 0. The van der Waals surface area contributed by atoms with Gasteiger partial charge in [0.25, 0.3) is 0 Å². The zero-order valence-corrected chi connectivity index (χ0v) is 21.7. The van der Waals surface area contributed by atoms with Crippen LogP contribution in [-0.2, 0) is 4.79 Å². The zero-order chi connectivity index (χ0) is 25.5. The number of likely N-dealkylation sites (N-methyl/N-ethyl adjacent to an activating group) is 1.